The first-order chi connectivity index (χ1) is 9.63. The molecule has 0 aliphatic carbocycles. The molecule has 1 amide bonds. The number of rotatable bonds is 2. The predicted octanol–water partition coefficient (Wildman–Crippen LogP) is 0.661. The van der Waals surface area contributed by atoms with Crippen molar-refractivity contribution in [3.8, 4) is 5.69 Å². The molecule has 0 saturated carbocycles. The summed E-state index contributed by atoms with van der Waals surface area (Å²) in [6.07, 6.45) is 1.94. The Balaban J connectivity index is 1.81. The first kappa shape index (κ1) is 12.7. The molecule has 1 aliphatic heterocycles. The second kappa shape index (κ2) is 4.97. The summed E-state index contributed by atoms with van der Waals surface area (Å²) in [5, 5.41) is 13.8. The highest BCUT2D eigenvalue weighted by Gasteiger charge is 2.26. The number of β-amino-alcohol motifs (C(OH)–C–C–N with tert-alkyl or cyclic N) is 1. The third-order valence-electron chi connectivity index (χ3n) is 3.39. The Labute approximate surface area is 116 Å². The molecule has 1 aromatic carbocycles. The number of nitrogen functional groups attached to an aromatic ring is 1. The molecular weight excluding hydrogens is 256 g/mol. The van der Waals surface area contributed by atoms with Crippen LogP contribution in [0.5, 0.6) is 0 Å². The minimum Gasteiger partial charge on any atom is -0.399 e. The minimum atomic E-state index is -0.421. The van der Waals surface area contributed by atoms with Gasteiger partial charge in [-0.1, -0.05) is 6.07 Å². The second-order valence-electron chi connectivity index (χ2n) is 4.93. The highest BCUT2D eigenvalue weighted by molar-refractivity contribution is 5.92. The molecule has 1 aliphatic rings. The van der Waals surface area contributed by atoms with Crippen LogP contribution in [0.4, 0.5) is 5.69 Å². The maximum Gasteiger partial charge on any atom is 0.274 e. The molecule has 3 N–H and O–H groups in total. The fourth-order valence-corrected chi connectivity index (χ4v) is 2.34. The first-order valence-corrected chi connectivity index (χ1v) is 6.52. The number of aromatic nitrogens is 2. The maximum absolute atomic E-state index is 12.2. The molecule has 20 heavy (non-hydrogen) atoms. The van der Waals surface area contributed by atoms with Gasteiger partial charge in [0.1, 0.15) is 0 Å². The molecule has 1 atom stereocenters. The quantitative estimate of drug-likeness (QED) is 0.787. The van der Waals surface area contributed by atoms with Crippen LogP contribution in [0.15, 0.2) is 36.5 Å². The number of aliphatic hydroxyl groups is 1. The van der Waals surface area contributed by atoms with Gasteiger partial charge in [-0.15, -0.1) is 0 Å². The summed E-state index contributed by atoms with van der Waals surface area (Å²) in [4.78, 5) is 13.8. The van der Waals surface area contributed by atoms with Gasteiger partial charge in [0.15, 0.2) is 5.69 Å². The lowest BCUT2D eigenvalue weighted by Crippen LogP contribution is -2.29. The smallest absolute Gasteiger partial charge is 0.274 e. The molecule has 1 saturated heterocycles. The fourth-order valence-electron chi connectivity index (χ4n) is 2.34. The van der Waals surface area contributed by atoms with Crippen LogP contribution in [0.25, 0.3) is 5.69 Å². The number of hydrogen-bond acceptors (Lipinski definition) is 4. The van der Waals surface area contributed by atoms with Crippen LogP contribution in [-0.4, -0.2) is 44.9 Å². The fraction of sp³-hybridized carbons (Fsp3) is 0.286. The van der Waals surface area contributed by atoms with Crippen LogP contribution in [0, 0.1) is 0 Å². The third-order valence-corrected chi connectivity index (χ3v) is 3.39. The number of anilines is 1. The molecule has 0 unspecified atom stereocenters. The Morgan fingerprint density at radius 1 is 1.40 bits per heavy atom. The molecule has 0 bridgehead atoms. The van der Waals surface area contributed by atoms with Crippen LogP contribution in [0.2, 0.25) is 0 Å². The van der Waals surface area contributed by atoms with Gasteiger partial charge in [0.05, 0.1) is 11.8 Å². The number of hydrogen-bond donors (Lipinski definition) is 2. The van der Waals surface area contributed by atoms with E-state index < -0.39 is 6.10 Å². The van der Waals surface area contributed by atoms with Crippen molar-refractivity contribution in [3.63, 3.8) is 0 Å². The van der Waals surface area contributed by atoms with E-state index >= 15 is 0 Å². The van der Waals surface area contributed by atoms with Crippen molar-refractivity contribution in [1.29, 1.82) is 0 Å². The number of carbonyl (C=O) groups is 1. The highest BCUT2D eigenvalue weighted by atomic mass is 16.3. The topological polar surface area (TPSA) is 84.4 Å². The van der Waals surface area contributed by atoms with Gasteiger partial charge in [-0.05, 0) is 30.7 Å². The van der Waals surface area contributed by atoms with E-state index in [9.17, 15) is 9.90 Å². The van der Waals surface area contributed by atoms with Gasteiger partial charge in [-0.2, -0.15) is 5.10 Å². The number of carbonyl (C=O) groups excluding carboxylic acids is 1. The third kappa shape index (κ3) is 2.37. The van der Waals surface area contributed by atoms with E-state index in [1.807, 2.05) is 12.1 Å². The van der Waals surface area contributed by atoms with Crippen LogP contribution in [-0.2, 0) is 0 Å². The van der Waals surface area contributed by atoms with Crippen molar-refractivity contribution in [2.24, 2.45) is 0 Å². The monoisotopic (exact) mass is 272 g/mol. The van der Waals surface area contributed by atoms with Crippen molar-refractivity contribution < 1.29 is 9.90 Å². The zero-order valence-electron chi connectivity index (χ0n) is 10.9. The average Bonchev–Trinajstić information content (AvgIpc) is 3.07. The van der Waals surface area contributed by atoms with Crippen molar-refractivity contribution in [2.75, 3.05) is 18.8 Å². The lowest BCUT2D eigenvalue weighted by atomic mass is 10.3. The normalized spacial score (nSPS) is 18.4. The average molecular weight is 272 g/mol. The Hall–Kier alpha value is -2.34. The van der Waals surface area contributed by atoms with Crippen molar-refractivity contribution in [3.05, 3.63) is 42.2 Å². The molecule has 6 heteroatoms. The Morgan fingerprint density at radius 3 is 2.95 bits per heavy atom. The van der Waals surface area contributed by atoms with Crippen LogP contribution in [0.1, 0.15) is 16.9 Å². The zero-order chi connectivity index (χ0) is 14.1. The van der Waals surface area contributed by atoms with Gasteiger partial charge in [-0.25, -0.2) is 4.68 Å². The Kier molecular flexibility index (Phi) is 3.15. The van der Waals surface area contributed by atoms with Gasteiger partial charge >= 0.3 is 0 Å². The number of aliphatic hydroxyl groups excluding tert-OH is 1. The molecular formula is C14H16N4O2. The Morgan fingerprint density at radius 2 is 2.25 bits per heavy atom. The summed E-state index contributed by atoms with van der Waals surface area (Å²) in [7, 11) is 0. The molecule has 104 valence electrons. The number of nitrogens with two attached hydrogens (primary N) is 1. The van der Waals surface area contributed by atoms with Crippen molar-refractivity contribution >= 4 is 11.6 Å². The Bertz CT molecular complexity index is 638. The predicted molar refractivity (Wildman–Crippen MR) is 74.5 cm³/mol. The molecule has 0 spiro atoms. The largest absolute Gasteiger partial charge is 0.399 e. The summed E-state index contributed by atoms with van der Waals surface area (Å²) in [5.41, 5.74) is 7.57. The van der Waals surface area contributed by atoms with Gasteiger partial charge in [0.25, 0.3) is 5.91 Å². The molecule has 0 radical (unpaired) electrons. The summed E-state index contributed by atoms with van der Waals surface area (Å²) in [6, 6.07) is 8.98. The summed E-state index contributed by atoms with van der Waals surface area (Å²) < 4.78 is 1.62. The maximum atomic E-state index is 12.2. The van der Waals surface area contributed by atoms with Gasteiger partial charge < -0.3 is 15.7 Å². The van der Waals surface area contributed by atoms with E-state index in [-0.39, 0.29) is 5.91 Å². The standard InChI is InChI=1S/C14H16N4O2/c15-10-2-1-3-11(8-10)18-7-5-13(16-18)14(20)17-6-4-12(19)9-17/h1-3,5,7-8,12,19H,4,6,9,15H2/t12-/m1/s1. The summed E-state index contributed by atoms with van der Waals surface area (Å²) in [5.74, 6) is -0.149. The molecule has 1 aromatic heterocycles. The molecule has 3 rings (SSSR count). The van der Waals surface area contributed by atoms with Crippen LogP contribution < -0.4 is 5.73 Å². The van der Waals surface area contributed by atoms with Crippen molar-refractivity contribution in [1.82, 2.24) is 14.7 Å². The number of benzene rings is 1. The molecule has 2 heterocycles. The van der Waals surface area contributed by atoms with Crippen molar-refractivity contribution in [2.45, 2.75) is 12.5 Å². The van der Waals surface area contributed by atoms with Gasteiger partial charge in [-0.3, -0.25) is 4.79 Å². The molecule has 6 nitrogen and oxygen atoms in total. The van der Waals surface area contributed by atoms with Gasteiger partial charge in [0.2, 0.25) is 0 Å². The van der Waals surface area contributed by atoms with E-state index in [2.05, 4.69) is 5.10 Å². The van der Waals surface area contributed by atoms with E-state index in [1.54, 1.807) is 34.0 Å². The SMILES string of the molecule is Nc1cccc(-n2ccc(C(=O)N3CC[C@@H](O)C3)n2)c1. The van der Waals surface area contributed by atoms with Crippen LogP contribution in [0.3, 0.4) is 0 Å². The lowest BCUT2D eigenvalue weighted by molar-refractivity contribution is 0.0759. The van der Waals surface area contributed by atoms with Gasteiger partial charge in [0, 0.05) is 25.0 Å². The van der Waals surface area contributed by atoms with Crippen LogP contribution >= 0.6 is 0 Å². The first-order valence-electron chi connectivity index (χ1n) is 6.52. The summed E-state index contributed by atoms with van der Waals surface area (Å²) >= 11 is 0. The summed E-state index contributed by atoms with van der Waals surface area (Å²) in [6.45, 7) is 0.953. The van der Waals surface area contributed by atoms with E-state index in [1.165, 1.54) is 0 Å². The number of likely N-dealkylation sites (tertiary alicyclic amines) is 1. The lowest BCUT2D eigenvalue weighted by Gasteiger charge is -2.13. The van der Waals surface area contributed by atoms with E-state index in [4.69, 9.17) is 5.73 Å². The van der Waals surface area contributed by atoms with E-state index in [0.717, 1.165) is 5.69 Å². The second-order valence-corrected chi connectivity index (χ2v) is 4.93. The number of amides is 1. The zero-order valence-corrected chi connectivity index (χ0v) is 10.9. The highest BCUT2D eigenvalue weighted by Crippen LogP contribution is 2.15. The molecule has 1 fully saturated rings. The number of nitrogens with zero attached hydrogens (tertiary/aromatic N) is 3. The molecule has 2 aromatic rings. The van der Waals surface area contributed by atoms with E-state index in [0.29, 0.717) is 30.9 Å². The minimum absolute atomic E-state index is 0.149.